The van der Waals surface area contributed by atoms with Crippen LogP contribution in [0.5, 0.6) is 0 Å². The molecule has 0 saturated heterocycles. The summed E-state index contributed by atoms with van der Waals surface area (Å²) < 4.78 is 2.59. The van der Waals surface area contributed by atoms with E-state index in [1.165, 1.54) is 118 Å². The summed E-state index contributed by atoms with van der Waals surface area (Å²) in [6.45, 7) is 0. The van der Waals surface area contributed by atoms with Gasteiger partial charge in [0.25, 0.3) is 0 Å². The Labute approximate surface area is 361 Å². The van der Waals surface area contributed by atoms with Crippen molar-refractivity contribution in [2.75, 3.05) is 4.90 Å². The minimum atomic E-state index is 0.141. The molecule has 10 aromatic rings. The molecule has 0 radical (unpaired) electrons. The molecule has 1 nitrogen and oxygen atoms in total. The zero-order chi connectivity index (χ0) is 40.3. The molecule has 2 aliphatic rings. The number of hydrogen-bond acceptors (Lipinski definition) is 2. The first-order chi connectivity index (χ1) is 30.2. The number of fused-ring (bicyclic) bond motifs is 8. The molecule has 1 heterocycles. The van der Waals surface area contributed by atoms with Crippen molar-refractivity contribution >= 4 is 48.6 Å². The van der Waals surface area contributed by atoms with E-state index in [2.05, 4.69) is 217 Å². The van der Waals surface area contributed by atoms with Crippen LogP contribution in [0.1, 0.15) is 36.8 Å². The maximum absolute atomic E-state index is 2.52. The standard InChI is InChI=1S/C59H43NS/c1-2-17-41(18-3-1)44-19-4-5-20-45(44)46-21-6-7-22-47(46)50-24-9-12-27-54(50)60(55-28-16-30-57-58(55)51-25-10-13-29-56(51)61-57)43-34-31-40(32-35-43)42-33-36-49-48-23-8-11-26-52(48)59(53(49)39-42)37-14-15-38-59/h1-13,16-36,39H,14-15,37-38H2. The summed E-state index contributed by atoms with van der Waals surface area (Å²) in [6.07, 6.45) is 5.05. The normalized spacial score (nSPS) is 13.8. The first-order valence-corrected chi connectivity index (χ1v) is 22.5. The quantitative estimate of drug-likeness (QED) is 0.155. The first kappa shape index (κ1) is 35.9. The van der Waals surface area contributed by atoms with E-state index >= 15 is 0 Å². The van der Waals surface area contributed by atoms with Crippen LogP contribution in [0.3, 0.4) is 0 Å². The van der Waals surface area contributed by atoms with Crippen LogP contribution in [0.2, 0.25) is 0 Å². The highest BCUT2D eigenvalue weighted by Gasteiger charge is 2.44. The molecular formula is C59H43NS. The Morgan fingerprint density at radius 2 is 0.918 bits per heavy atom. The number of benzene rings is 9. The van der Waals surface area contributed by atoms with Crippen LogP contribution >= 0.6 is 11.3 Å². The molecule has 9 aromatic carbocycles. The van der Waals surface area contributed by atoms with Crippen LogP contribution in [-0.4, -0.2) is 0 Å². The van der Waals surface area contributed by atoms with Crippen molar-refractivity contribution in [2.24, 2.45) is 0 Å². The Kier molecular flexibility index (Phi) is 8.61. The lowest BCUT2D eigenvalue weighted by molar-refractivity contribution is 0.550. The molecule has 1 spiro atoms. The maximum Gasteiger partial charge on any atom is 0.0555 e. The van der Waals surface area contributed by atoms with Gasteiger partial charge in [0.2, 0.25) is 0 Å². The molecule has 1 fully saturated rings. The van der Waals surface area contributed by atoms with Crippen molar-refractivity contribution in [2.45, 2.75) is 31.1 Å². The molecule has 0 N–H and O–H groups in total. The van der Waals surface area contributed by atoms with E-state index in [1.54, 1.807) is 0 Å². The van der Waals surface area contributed by atoms with E-state index in [-0.39, 0.29) is 5.41 Å². The molecule has 1 aromatic heterocycles. The van der Waals surface area contributed by atoms with Gasteiger partial charge in [-0.05, 0) is 117 Å². The minimum absolute atomic E-state index is 0.141. The van der Waals surface area contributed by atoms with Gasteiger partial charge in [-0.1, -0.05) is 183 Å². The lowest BCUT2D eigenvalue weighted by atomic mass is 9.76. The molecule has 0 amide bonds. The van der Waals surface area contributed by atoms with E-state index in [0.717, 1.165) is 11.4 Å². The molecular weight excluding hydrogens is 755 g/mol. The lowest BCUT2D eigenvalue weighted by Crippen LogP contribution is -2.20. The number of rotatable bonds is 7. The van der Waals surface area contributed by atoms with Gasteiger partial charge >= 0.3 is 0 Å². The first-order valence-electron chi connectivity index (χ1n) is 21.6. The van der Waals surface area contributed by atoms with Crippen LogP contribution in [0.4, 0.5) is 17.1 Å². The monoisotopic (exact) mass is 797 g/mol. The number of nitrogens with zero attached hydrogens (tertiary/aromatic N) is 1. The Balaban J connectivity index is 1.03. The molecule has 0 aliphatic heterocycles. The van der Waals surface area contributed by atoms with Crippen molar-refractivity contribution in [3.8, 4) is 55.6 Å². The van der Waals surface area contributed by atoms with E-state index in [4.69, 9.17) is 0 Å². The fourth-order valence-corrected chi connectivity index (χ4v) is 11.9. The Bertz CT molecular complexity index is 3260. The molecule has 2 aliphatic carbocycles. The average Bonchev–Trinajstić information content (AvgIpc) is 4.05. The van der Waals surface area contributed by atoms with Crippen LogP contribution in [0.15, 0.2) is 212 Å². The third-order valence-electron chi connectivity index (χ3n) is 13.5. The Morgan fingerprint density at radius 1 is 0.361 bits per heavy atom. The van der Waals surface area contributed by atoms with Crippen LogP contribution in [0, 0.1) is 0 Å². The van der Waals surface area contributed by atoms with Crippen molar-refractivity contribution in [3.63, 3.8) is 0 Å². The van der Waals surface area contributed by atoms with Gasteiger partial charge in [-0.25, -0.2) is 0 Å². The highest BCUT2D eigenvalue weighted by atomic mass is 32.1. The largest absolute Gasteiger partial charge is 0.309 e. The third kappa shape index (κ3) is 5.81. The minimum Gasteiger partial charge on any atom is -0.309 e. The van der Waals surface area contributed by atoms with E-state index in [9.17, 15) is 0 Å². The summed E-state index contributed by atoms with van der Waals surface area (Å²) in [7, 11) is 0. The zero-order valence-corrected chi connectivity index (χ0v) is 34.7. The summed E-state index contributed by atoms with van der Waals surface area (Å²) in [6, 6.07) is 78.9. The maximum atomic E-state index is 2.52. The predicted octanol–water partition coefficient (Wildman–Crippen LogP) is 17.0. The van der Waals surface area contributed by atoms with Gasteiger partial charge in [0, 0.05) is 36.8 Å². The van der Waals surface area contributed by atoms with E-state index in [0.29, 0.717) is 0 Å². The summed E-state index contributed by atoms with van der Waals surface area (Å²) in [5.41, 5.74) is 19.3. The summed E-state index contributed by atoms with van der Waals surface area (Å²) >= 11 is 1.87. The molecule has 12 rings (SSSR count). The van der Waals surface area contributed by atoms with Gasteiger partial charge in [-0.3, -0.25) is 0 Å². The van der Waals surface area contributed by atoms with Gasteiger partial charge in [0.05, 0.1) is 11.4 Å². The molecule has 1 saturated carbocycles. The SMILES string of the molecule is c1ccc(-c2ccccc2-c2ccccc2-c2ccccc2N(c2ccc(-c3ccc4c(c3)C3(CCCC3)c3ccccc3-4)cc2)c2cccc3sc4ccccc4c23)cc1. The average molecular weight is 798 g/mol. The van der Waals surface area contributed by atoms with Crippen LogP contribution in [0.25, 0.3) is 75.8 Å². The van der Waals surface area contributed by atoms with Crippen molar-refractivity contribution in [1.82, 2.24) is 0 Å². The topological polar surface area (TPSA) is 3.24 Å². The van der Waals surface area contributed by atoms with Crippen LogP contribution < -0.4 is 4.90 Å². The predicted molar refractivity (Wildman–Crippen MR) is 260 cm³/mol. The fourth-order valence-electron chi connectivity index (χ4n) is 10.7. The molecule has 0 atom stereocenters. The van der Waals surface area contributed by atoms with Crippen LogP contribution in [-0.2, 0) is 5.41 Å². The molecule has 0 unspecified atom stereocenters. The zero-order valence-electron chi connectivity index (χ0n) is 33.9. The molecule has 61 heavy (non-hydrogen) atoms. The van der Waals surface area contributed by atoms with Gasteiger partial charge in [-0.2, -0.15) is 0 Å². The molecule has 2 heteroatoms. The number of para-hydroxylation sites is 1. The van der Waals surface area contributed by atoms with Gasteiger partial charge in [-0.15, -0.1) is 11.3 Å². The fraction of sp³-hybridized carbons (Fsp3) is 0.0847. The van der Waals surface area contributed by atoms with Gasteiger partial charge in [0.15, 0.2) is 0 Å². The second-order valence-corrected chi connectivity index (χ2v) is 17.8. The Morgan fingerprint density at radius 3 is 1.70 bits per heavy atom. The highest BCUT2D eigenvalue weighted by Crippen LogP contribution is 2.57. The van der Waals surface area contributed by atoms with Crippen molar-refractivity contribution < 1.29 is 0 Å². The highest BCUT2D eigenvalue weighted by molar-refractivity contribution is 7.26. The lowest BCUT2D eigenvalue weighted by Gasteiger charge is -2.29. The second-order valence-electron chi connectivity index (χ2n) is 16.7. The summed E-state index contributed by atoms with van der Waals surface area (Å²) in [5.74, 6) is 0. The molecule has 290 valence electrons. The Hall–Kier alpha value is -7.00. The van der Waals surface area contributed by atoms with Gasteiger partial charge < -0.3 is 4.90 Å². The summed E-state index contributed by atoms with van der Waals surface area (Å²) in [4.78, 5) is 2.51. The van der Waals surface area contributed by atoms with Crippen molar-refractivity contribution in [1.29, 1.82) is 0 Å². The second kappa shape index (κ2) is 14.6. The van der Waals surface area contributed by atoms with E-state index < -0.39 is 0 Å². The van der Waals surface area contributed by atoms with Crippen molar-refractivity contribution in [3.05, 3.63) is 223 Å². The number of thiophene rings is 1. The molecule has 0 bridgehead atoms. The number of anilines is 3. The number of hydrogen-bond donors (Lipinski definition) is 0. The smallest absolute Gasteiger partial charge is 0.0555 e. The summed E-state index contributed by atoms with van der Waals surface area (Å²) in [5, 5.41) is 2.57. The third-order valence-corrected chi connectivity index (χ3v) is 14.6. The van der Waals surface area contributed by atoms with Gasteiger partial charge in [0.1, 0.15) is 0 Å². The van der Waals surface area contributed by atoms with E-state index in [1.807, 2.05) is 11.3 Å².